The second-order valence-corrected chi connectivity index (χ2v) is 5.07. The van der Waals surface area contributed by atoms with Gasteiger partial charge in [-0.15, -0.1) is 0 Å². The van der Waals surface area contributed by atoms with E-state index in [4.69, 9.17) is 5.11 Å². The highest BCUT2D eigenvalue weighted by Crippen LogP contribution is 2.20. The summed E-state index contributed by atoms with van der Waals surface area (Å²) < 4.78 is 0. The van der Waals surface area contributed by atoms with E-state index < -0.39 is 11.6 Å². The minimum atomic E-state index is -1.92. The molecule has 0 aliphatic carbocycles. The fraction of sp³-hybridized carbons (Fsp3) is 0.429. The summed E-state index contributed by atoms with van der Waals surface area (Å²) in [4.78, 5) is 24.7. The topological polar surface area (TPSA) is 77.8 Å². The third-order valence-corrected chi connectivity index (χ3v) is 3.37. The highest BCUT2D eigenvalue weighted by molar-refractivity contribution is 5.96. The SMILES string of the molecule is CC(O)(CN1CCCc2ccccc2C1=O)C(=O)O. The Morgan fingerprint density at radius 2 is 2.11 bits per heavy atom. The van der Waals surface area contributed by atoms with Crippen LogP contribution in [0.4, 0.5) is 0 Å². The molecule has 1 aliphatic rings. The second-order valence-electron chi connectivity index (χ2n) is 5.07. The molecule has 0 aromatic heterocycles. The summed E-state index contributed by atoms with van der Waals surface area (Å²) in [5.41, 5.74) is -0.347. The van der Waals surface area contributed by atoms with Crippen LogP contribution < -0.4 is 0 Å². The van der Waals surface area contributed by atoms with Gasteiger partial charge < -0.3 is 15.1 Å². The molecule has 0 bridgehead atoms. The Bertz CT molecular complexity index is 510. The number of aliphatic hydroxyl groups is 1. The van der Waals surface area contributed by atoms with Gasteiger partial charge in [-0.05, 0) is 31.4 Å². The van der Waals surface area contributed by atoms with Crippen molar-refractivity contribution >= 4 is 11.9 Å². The number of carboxylic acids is 1. The number of fused-ring (bicyclic) bond motifs is 1. The molecule has 0 radical (unpaired) electrons. The number of hydrogen-bond donors (Lipinski definition) is 2. The number of β-amino-alcohol motifs (C(OH)–C–C–N with tert-alkyl or cyclic N) is 1. The predicted octanol–water partition coefficient (Wildman–Crippen LogP) is 0.911. The fourth-order valence-corrected chi connectivity index (χ4v) is 2.27. The van der Waals surface area contributed by atoms with Crippen LogP contribution in [0.2, 0.25) is 0 Å². The molecule has 1 amide bonds. The number of amides is 1. The molecule has 0 saturated carbocycles. The molecule has 1 heterocycles. The number of rotatable bonds is 3. The maximum Gasteiger partial charge on any atom is 0.337 e. The number of aliphatic carboxylic acids is 1. The molecule has 0 fully saturated rings. The Morgan fingerprint density at radius 3 is 2.79 bits per heavy atom. The van der Waals surface area contributed by atoms with Crippen molar-refractivity contribution in [2.24, 2.45) is 0 Å². The quantitative estimate of drug-likeness (QED) is 0.849. The minimum absolute atomic E-state index is 0.199. The van der Waals surface area contributed by atoms with Gasteiger partial charge in [0, 0.05) is 12.1 Å². The number of benzene rings is 1. The van der Waals surface area contributed by atoms with E-state index in [2.05, 4.69) is 0 Å². The summed E-state index contributed by atoms with van der Waals surface area (Å²) in [5, 5.41) is 18.7. The first-order valence-electron chi connectivity index (χ1n) is 6.25. The van der Waals surface area contributed by atoms with Crippen molar-refractivity contribution in [2.45, 2.75) is 25.4 Å². The van der Waals surface area contributed by atoms with E-state index in [0.29, 0.717) is 12.1 Å². The van der Waals surface area contributed by atoms with E-state index in [-0.39, 0.29) is 12.5 Å². The number of aryl methyl sites for hydroxylation is 1. The normalized spacial score (nSPS) is 18.4. The molecular weight excluding hydrogens is 246 g/mol. The second kappa shape index (κ2) is 5.01. The van der Waals surface area contributed by atoms with E-state index >= 15 is 0 Å². The first-order valence-corrected chi connectivity index (χ1v) is 6.25. The monoisotopic (exact) mass is 263 g/mol. The van der Waals surface area contributed by atoms with Crippen molar-refractivity contribution in [3.63, 3.8) is 0 Å². The van der Waals surface area contributed by atoms with Gasteiger partial charge >= 0.3 is 5.97 Å². The summed E-state index contributed by atoms with van der Waals surface area (Å²) in [6.07, 6.45) is 1.55. The zero-order valence-corrected chi connectivity index (χ0v) is 10.8. The van der Waals surface area contributed by atoms with E-state index in [0.717, 1.165) is 18.4 Å². The lowest BCUT2D eigenvalue weighted by molar-refractivity contribution is -0.157. The van der Waals surface area contributed by atoms with Crippen LogP contribution in [0, 0.1) is 0 Å². The van der Waals surface area contributed by atoms with Gasteiger partial charge in [0.2, 0.25) is 0 Å². The molecule has 1 unspecified atom stereocenters. The minimum Gasteiger partial charge on any atom is -0.479 e. The van der Waals surface area contributed by atoms with Crippen molar-refractivity contribution in [1.29, 1.82) is 0 Å². The van der Waals surface area contributed by atoms with Gasteiger partial charge in [0.1, 0.15) is 0 Å². The Balaban J connectivity index is 2.25. The molecule has 1 atom stereocenters. The first-order chi connectivity index (χ1) is 8.92. The van der Waals surface area contributed by atoms with Crippen LogP contribution in [0.15, 0.2) is 24.3 Å². The van der Waals surface area contributed by atoms with Crippen molar-refractivity contribution < 1.29 is 19.8 Å². The third kappa shape index (κ3) is 2.76. The van der Waals surface area contributed by atoms with Gasteiger partial charge in [0.05, 0.1) is 6.54 Å². The van der Waals surface area contributed by atoms with Gasteiger partial charge in [-0.1, -0.05) is 18.2 Å². The highest BCUT2D eigenvalue weighted by atomic mass is 16.4. The van der Waals surface area contributed by atoms with Crippen molar-refractivity contribution in [1.82, 2.24) is 4.90 Å². The Kier molecular flexibility index (Phi) is 3.57. The summed E-state index contributed by atoms with van der Waals surface area (Å²) in [6.45, 7) is 1.46. The van der Waals surface area contributed by atoms with Crippen molar-refractivity contribution in [2.75, 3.05) is 13.1 Å². The summed E-state index contributed by atoms with van der Waals surface area (Å²) in [6, 6.07) is 7.32. The lowest BCUT2D eigenvalue weighted by Crippen LogP contribution is -2.48. The fourth-order valence-electron chi connectivity index (χ4n) is 2.27. The number of nitrogens with zero attached hydrogens (tertiary/aromatic N) is 1. The van der Waals surface area contributed by atoms with Gasteiger partial charge in [-0.25, -0.2) is 4.79 Å². The van der Waals surface area contributed by atoms with Gasteiger partial charge in [0.25, 0.3) is 5.91 Å². The molecule has 0 spiro atoms. The highest BCUT2D eigenvalue weighted by Gasteiger charge is 2.35. The molecule has 2 rings (SSSR count). The first kappa shape index (κ1) is 13.5. The van der Waals surface area contributed by atoms with Crippen LogP contribution in [-0.4, -0.2) is 45.7 Å². The number of hydrogen-bond acceptors (Lipinski definition) is 3. The van der Waals surface area contributed by atoms with Crippen LogP contribution in [0.1, 0.15) is 29.3 Å². The van der Waals surface area contributed by atoms with Crippen LogP contribution in [0.5, 0.6) is 0 Å². The maximum atomic E-state index is 12.4. The van der Waals surface area contributed by atoms with Crippen LogP contribution >= 0.6 is 0 Å². The summed E-state index contributed by atoms with van der Waals surface area (Å²) >= 11 is 0. The zero-order valence-electron chi connectivity index (χ0n) is 10.8. The number of carbonyl (C=O) groups excluding carboxylic acids is 1. The van der Waals surface area contributed by atoms with E-state index in [1.54, 1.807) is 12.1 Å². The predicted molar refractivity (Wildman–Crippen MR) is 68.9 cm³/mol. The van der Waals surface area contributed by atoms with Crippen LogP contribution in [0.25, 0.3) is 0 Å². The average molecular weight is 263 g/mol. The molecule has 0 saturated heterocycles. The summed E-state index contributed by atoms with van der Waals surface area (Å²) in [7, 11) is 0. The van der Waals surface area contributed by atoms with E-state index in [1.807, 2.05) is 12.1 Å². The molecule has 102 valence electrons. The van der Waals surface area contributed by atoms with Gasteiger partial charge in [-0.3, -0.25) is 4.79 Å². The van der Waals surface area contributed by atoms with Crippen LogP contribution in [0.3, 0.4) is 0 Å². The largest absolute Gasteiger partial charge is 0.479 e. The molecule has 2 N–H and O–H groups in total. The molecule has 1 aromatic carbocycles. The Labute approximate surface area is 111 Å². The Hall–Kier alpha value is -1.88. The molecule has 5 heteroatoms. The van der Waals surface area contributed by atoms with E-state index in [9.17, 15) is 14.7 Å². The molecule has 1 aromatic rings. The lowest BCUT2D eigenvalue weighted by atomic mass is 10.0. The van der Waals surface area contributed by atoms with Crippen molar-refractivity contribution in [3.8, 4) is 0 Å². The lowest BCUT2D eigenvalue weighted by Gasteiger charge is -2.28. The van der Waals surface area contributed by atoms with E-state index in [1.165, 1.54) is 11.8 Å². The standard InChI is InChI=1S/C14H17NO4/c1-14(19,13(17)18)9-15-8-4-6-10-5-2-3-7-11(10)12(15)16/h2-3,5,7,19H,4,6,8-9H2,1H3,(H,17,18). The number of carboxylic acid groups (broad SMARTS) is 1. The summed E-state index contributed by atoms with van der Waals surface area (Å²) in [5.74, 6) is -1.53. The van der Waals surface area contributed by atoms with Crippen molar-refractivity contribution in [3.05, 3.63) is 35.4 Å². The van der Waals surface area contributed by atoms with Gasteiger partial charge in [0.15, 0.2) is 5.60 Å². The smallest absolute Gasteiger partial charge is 0.337 e. The molecular formula is C14H17NO4. The van der Waals surface area contributed by atoms with Gasteiger partial charge in [-0.2, -0.15) is 0 Å². The number of carbonyl (C=O) groups is 2. The average Bonchev–Trinajstić information content (AvgIpc) is 2.50. The maximum absolute atomic E-state index is 12.4. The molecule has 19 heavy (non-hydrogen) atoms. The molecule has 1 aliphatic heterocycles. The Morgan fingerprint density at radius 1 is 1.42 bits per heavy atom. The van der Waals surface area contributed by atoms with Crippen LogP contribution in [-0.2, 0) is 11.2 Å². The molecule has 5 nitrogen and oxygen atoms in total. The third-order valence-electron chi connectivity index (χ3n) is 3.37. The zero-order chi connectivity index (χ0) is 14.0.